The number of para-hydroxylation sites is 1. The normalized spacial score (nSPS) is 11.3. The van der Waals surface area contributed by atoms with E-state index < -0.39 is 5.82 Å². The van der Waals surface area contributed by atoms with Gasteiger partial charge in [-0.2, -0.15) is 0 Å². The van der Waals surface area contributed by atoms with Gasteiger partial charge in [0, 0.05) is 18.0 Å². The van der Waals surface area contributed by atoms with Crippen molar-refractivity contribution in [3.63, 3.8) is 0 Å². The fourth-order valence-electron chi connectivity index (χ4n) is 2.53. The first kappa shape index (κ1) is 21.8. The minimum atomic E-state index is -0.621. The number of nitrogens with zero attached hydrogens (tertiary/aromatic N) is 2. The zero-order valence-corrected chi connectivity index (χ0v) is 20.2. The van der Waals surface area contributed by atoms with Gasteiger partial charge in [0.2, 0.25) is 0 Å². The summed E-state index contributed by atoms with van der Waals surface area (Å²) in [4.78, 5) is 9.09. The molecule has 1 aromatic heterocycles. The number of hydrogen-bond donors (Lipinski definition) is 2. The maximum absolute atomic E-state index is 14.4. The van der Waals surface area contributed by atoms with Crippen molar-refractivity contribution in [1.29, 1.82) is 5.41 Å². The monoisotopic (exact) mass is 566 g/mol. The summed E-state index contributed by atoms with van der Waals surface area (Å²) in [5.74, 6) is -0.121. The standard InChI is InChI=1S/C17H14ClFIN4OPS2/c1-27-16-8-4-3-5-12(14(8)22-17(23-16)28-2)25-15-9(7-21)11(24-26-20)6-10(19)13(15)18/h3-7,21,24,26H,1-2H3. The van der Waals surface area contributed by atoms with Gasteiger partial charge in [-0.05, 0) is 52.8 Å². The van der Waals surface area contributed by atoms with Gasteiger partial charge in [-0.1, -0.05) is 29.4 Å². The topological polar surface area (TPSA) is 70.9 Å². The Balaban J connectivity index is 2.22. The van der Waals surface area contributed by atoms with Crippen LogP contribution in [0.15, 0.2) is 34.4 Å². The highest BCUT2D eigenvalue weighted by atomic mass is 127. The maximum atomic E-state index is 14.4. The summed E-state index contributed by atoms with van der Waals surface area (Å²) in [6.07, 6.45) is 5.24. The SMILES string of the molecule is CSc1nc(SC)c2cccc(Oc3c(Cl)c(F)cc(NPI)c3C=N)c2n1. The molecule has 146 valence electrons. The number of ether oxygens (including phenoxy) is 1. The number of thioether (sulfide) groups is 2. The maximum Gasteiger partial charge on any atom is 0.189 e. The predicted molar refractivity (Wildman–Crippen MR) is 128 cm³/mol. The highest BCUT2D eigenvalue weighted by molar-refractivity contribution is 14.2. The minimum Gasteiger partial charge on any atom is -0.453 e. The fraction of sp³-hybridized carbons (Fsp3) is 0.118. The number of halogens is 3. The number of anilines is 1. The van der Waals surface area contributed by atoms with E-state index in [9.17, 15) is 4.39 Å². The lowest BCUT2D eigenvalue weighted by molar-refractivity contribution is 0.480. The zero-order chi connectivity index (χ0) is 20.3. The van der Waals surface area contributed by atoms with Crippen molar-refractivity contribution in [3.05, 3.63) is 40.7 Å². The molecule has 0 radical (unpaired) electrons. The first-order chi connectivity index (χ1) is 13.5. The molecule has 0 saturated carbocycles. The molecular weight excluding hydrogens is 553 g/mol. The quantitative estimate of drug-likeness (QED) is 0.0801. The number of nitrogens with one attached hydrogen (secondary N) is 2. The lowest BCUT2D eigenvalue weighted by Gasteiger charge is -2.16. The third-order valence-electron chi connectivity index (χ3n) is 3.76. The Kier molecular flexibility index (Phi) is 7.60. The van der Waals surface area contributed by atoms with Gasteiger partial charge in [-0.3, -0.25) is 0 Å². The molecule has 1 unspecified atom stereocenters. The summed E-state index contributed by atoms with van der Waals surface area (Å²) in [7, 11) is 0. The molecule has 28 heavy (non-hydrogen) atoms. The Bertz CT molecular complexity index is 1060. The van der Waals surface area contributed by atoms with Crippen molar-refractivity contribution < 1.29 is 9.13 Å². The number of rotatable bonds is 7. The van der Waals surface area contributed by atoms with E-state index in [2.05, 4.69) is 37.1 Å². The minimum absolute atomic E-state index is 0.0799. The highest BCUT2D eigenvalue weighted by Gasteiger charge is 2.20. The molecule has 0 aliphatic heterocycles. The highest BCUT2D eigenvalue weighted by Crippen LogP contribution is 2.42. The molecule has 11 heteroatoms. The second kappa shape index (κ2) is 9.75. The molecule has 0 spiro atoms. The van der Waals surface area contributed by atoms with Crippen molar-refractivity contribution in [2.45, 2.75) is 10.2 Å². The number of benzene rings is 2. The van der Waals surface area contributed by atoms with Crippen LogP contribution in [0.1, 0.15) is 5.56 Å². The van der Waals surface area contributed by atoms with E-state index in [1.807, 2.05) is 24.6 Å². The summed E-state index contributed by atoms with van der Waals surface area (Å²) in [6, 6.07) is 6.74. The number of fused-ring (bicyclic) bond motifs is 1. The molecule has 1 atom stereocenters. The third kappa shape index (κ3) is 4.33. The predicted octanol–water partition coefficient (Wildman–Crippen LogP) is 7.01. The van der Waals surface area contributed by atoms with Crippen LogP contribution in [0.4, 0.5) is 10.1 Å². The molecule has 0 bridgehead atoms. The lowest BCUT2D eigenvalue weighted by atomic mass is 10.1. The molecule has 0 amide bonds. The van der Waals surface area contributed by atoms with Gasteiger partial charge < -0.3 is 15.2 Å². The largest absolute Gasteiger partial charge is 0.453 e. The first-order valence-corrected chi connectivity index (χ1v) is 14.7. The molecule has 0 fully saturated rings. The van der Waals surface area contributed by atoms with Crippen LogP contribution in [0.3, 0.4) is 0 Å². The molecule has 2 N–H and O–H groups in total. The molecule has 0 aliphatic rings. The molecule has 2 aromatic carbocycles. The number of hydrogen-bond acceptors (Lipinski definition) is 7. The van der Waals surface area contributed by atoms with E-state index in [0.717, 1.165) is 16.6 Å². The Morgan fingerprint density at radius 3 is 2.75 bits per heavy atom. The summed E-state index contributed by atoms with van der Waals surface area (Å²) >= 11 is 11.3. The Labute approximate surface area is 189 Å². The first-order valence-electron chi connectivity index (χ1n) is 7.74. The van der Waals surface area contributed by atoms with Crippen molar-refractivity contribution in [2.24, 2.45) is 0 Å². The Morgan fingerprint density at radius 2 is 2.11 bits per heavy atom. The molecule has 0 saturated heterocycles. The summed E-state index contributed by atoms with van der Waals surface area (Å²) in [6.45, 7) is 0. The second-order valence-corrected chi connectivity index (χ2v) is 9.30. The van der Waals surface area contributed by atoms with Gasteiger partial charge in [0.05, 0.1) is 11.3 Å². The van der Waals surface area contributed by atoms with E-state index in [4.69, 9.17) is 21.7 Å². The van der Waals surface area contributed by atoms with Crippen LogP contribution in [-0.4, -0.2) is 28.7 Å². The molecule has 5 nitrogen and oxygen atoms in total. The summed E-state index contributed by atoms with van der Waals surface area (Å²) in [5, 5.41) is 12.9. The van der Waals surface area contributed by atoms with Crippen LogP contribution in [0, 0.1) is 11.2 Å². The van der Waals surface area contributed by atoms with Crippen molar-refractivity contribution in [1.82, 2.24) is 9.97 Å². The van der Waals surface area contributed by atoms with Gasteiger partial charge in [-0.25, -0.2) is 14.4 Å². The lowest BCUT2D eigenvalue weighted by Crippen LogP contribution is -2.00. The summed E-state index contributed by atoms with van der Waals surface area (Å²) < 4.78 is 20.4. The third-order valence-corrected chi connectivity index (χ3v) is 6.53. The van der Waals surface area contributed by atoms with Gasteiger partial charge >= 0.3 is 0 Å². The van der Waals surface area contributed by atoms with E-state index in [-0.39, 0.29) is 10.8 Å². The molecular formula is C17H14ClFIN4OPS2. The van der Waals surface area contributed by atoms with Crippen LogP contribution in [0.2, 0.25) is 5.02 Å². The van der Waals surface area contributed by atoms with Crippen LogP contribution < -0.4 is 9.82 Å². The van der Waals surface area contributed by atoms with Crippen LogP contribution in [-0.2, 0) is 0 Å². The Morgan fingerprint density at radius 1 is 1.32 bits per heavy atom. The molecule has 3 aromatic rings. The molecule has 3 rings (SSSR count). The van der Waals surface area contributed by atoms with E-state index in [0.29, 0.717) is 34.0 Å². The second-order valence-electron chi connectivity index (χ2n) is 5.30. The van der Waals surface area contributed by atoms with Gasteiger partial charge in [0.1, 0.15) is 21.4 Å². The average Bonchev–Trinajstić information content (AvgIpc) is 2.71. The van der Waals surface area contributed by atoms with E-state index >= 15 is 0 Å². The molecule has 0 aliphatic carbocycles. The van der Waals surface area contributed by atoms with Crippen LogP contribution in [0.25, 0.3) is 10.9 Å². The van der Waals surface area contributed by atoms with Crippen molar-refractivity contribution in [2.75, 3.05) is 17.6 Å². The van der Waals surface area contributed by atoms with E-state index in [1.165, 1.54) is 29.6 Å². The number of aromatic nitrogens is 2. The van der Waals surface area contributed by atoms with Crippen LogP contribution in [0.5, 0.6) is 11.5 Å². The van der Waals surface area contributed by atoms with Crippen molar-refractivity contribution in [3.8, 4) is 11.5 Å². The van der Waals surface area contributed by atoms with E-state index in [1.54, 1.807) is 6.07 Å². The van der Waals surface area contributed by atoms with Crippen LogP contribution >= 0.6 is 63.5 Å². The van der Waals surface area contributed by atoms with Gasteiger partial charge in [0.15, 0.2) is 16.7 Å². The van der Waals surface area contributed by atoms with Gasteiger partial charge in [-0.15, -0.1) is 11.8 Å². The summed E-state index contributed by atoms with van der Waals surface area (Å²) in [5.41, 5.74) is 1.42. The smallest absolute Gasteiger partial charge is 0.189 e. The fourth-order valence-corrected chi connectivity index (χ4v) is 4.89. The molecule has 1 heterocycles. The van der Waals surface area contributed by atoms with Gasteiger partial charge in [0.25, 0.3) is 0 Å². The Hall–Kier alpha value is -0.870. The van der Waals surface area contributed by atoms with Crippen molar-refractivity contribution >= 4 is 86.3 Å². The zero-order valence-electron chi connectivity index (χ0n) is 14.6. The average molecular weight is 567 g/mol.